The van der Waals surface area contributed by atoms with Crippen molar-refractivity contribution in [2.75, 3.05) is 0 Å². The summed E-state index contributed by atoms with van der Waals surface area (Å²) in [7, 11) is 0. The van der Waals surface area contributed by atoms with Gasteiger partial charge in [0.1, 0.15) is 11.4 Å². The first-order valence-corrected chi connectivity index (χ1v) is 10.8. The summed E-state index contributed by atoms with van der Waals surface area (Å²) in [4.78, 5) is 24.1. The number of hydrogen-bond donors (Lipinski definition) is 0. The molecule has 1 aliphatic heterocycles. The summed E-state index contributed by atoms with van der Waals surface area (Å²) in [6, 6.07) is 0. The number of hydrogen-bond acceptors (Lipinski definition) is 3. The summed E-state index contributed by atoms with van der Waals surface area (Å²) >= 11 is 0. The molecule has 0 N–H and O–H groups in total. The van der Waals surface area contributed by atoms with Crippen LogP contribution in [0, 0.1) is 46.8 Å². The number of fused-ring (bicyclic) bond motifs is 9. The Morgan fingerprint density at radius 3 is 2.85 bits per heavy atom. The van der Waals surface area contributed by atoms with E-state index in [9.17, 15) is 9.59 Å². The van der Waals surface area contributed by atoms with E-state index in [-0.39, 0.29) is 17.0 Å². The molecule has 0 radical (unpaired) electrons. The minimum atomic E-state index is -0.359. The Morgan fingerprint density at radius 2 is 2.11 bits per heavy atom. The number of rotatable bonds is 1. The molecule has 0 unspecified atom stereocenters. The number of ketones is 1. The average molecular weight is 364 g/mol. The summed E-state index contributed by atoms with van der Waals surface area (Å²) in [6.07, 6.45) is 14.3. The lowest BCUT2D eigenvalue weighted by molar-refractivity contribution is -0.168. The molecule has 0 aromatic rings. The molecule has 0 amide bonds. The van der Waals surface area contributed by atoms with Crippen LogP contribution in [0.5, 0.6) is 0 Å². The van der Waals surface area contributed by atoms with E-state index in [2.05, 4.69) is 31.7 Å². The molecule has 1 heterocycles. The molecular weight excluding hydrogens is 336 g/mol. The van der Waals surface area contributed by atoms with E-state index < -0.39 is 0 Å². The molecule has 5 aliphatic carbocycles. The Bertz CT molecular complexity index is 821. The molecule has 4 saturated carbocycles. The van der Waals surface area contributed by atoms with E-state index in [4.69, 9.17) is 4.74 Å². The zero-order valence-electron chi connectivity index (χ0n) is 16.0. The fourth-order valence-electron chi connectivity index (χ4n) is 8.39. The number of esters is 1. The Labute approximate surface area is 160 Å². The summed E-state index contributed by atoms with van der Waals surface area (Å²) in [5.74, 6) is 4.24. The highest BCUT2D eigenvalue weighted by atomic mass is 16.6. The van der Waals surface area contributed by atoms with E-state index in [1.165, 1.54) is 18.4 Å². The highest BCUT2D eigenvalue weighted by Crippen LogP contribution is 2.77. The van der Waals surface area contributed by atoms with Gasteiger partial charge in [-0.05, 0) is 67.3 Å². The Hall–Kier alpha value is -1.64. The molecule has 4 fully saturated rings. The second-order valence-corrected chi connectivity index (χ2v) is 10.2. The molecule has 0 bridgehead atoms. The van der Waals surface area contributed by atoms with Crippen LogP contribution in [0.15, 0.2) is 36.5 Å². The minimum absolute atomic E-state index is 0.0432. The van der Waals surface area contributed by atoms with Gasteiger partial charge in [0.15, 0.2) is 0 Å². The standard InChI is InChI=1S/C24H28O3/c1-3-13-10-14-11-15(25)4-5-16(14)17-6-8-23(2)22(21(13)17)18-12-19(18)24(23)9-7-20(26)27-24/h3,7,9-10,13,16-19,21-22H,1,4-6,8,11-12H2,2H3/t13-,16+,17-,18-,19+,21-,22+,23+,24+/m1/s1. The van der Waals surface area contributed by atoms with Crippen LogP contribution in [-0.2, 0) is 14.3 Å². The molecule has 1 spiro atoms. The first-order valence-electron chi connectivity index (χ1n) is 10.8. The Balaban J connectivity index is 1.44. The molecular formula is C24H28O3. The van der Waals surface area contributed by atoms with Gasteiger partial charge in [0, 0.05) is 30.3 Å². The smallest absolute Gasteiger partial charge is 0.331 e. The summed E-state index contributed by atoms with van der Waals surface area (Å²) in [6.45, 7) is 6.58. The summed E-state index contributed by atoms with van der Waals surface area (Å²) < 4.78 is 6.07. The fourth-order valence-corrected chi connectivity index (χ4v) is 8.39. The van der Waals surface area contributed by atoms with Crippen LogP contribution in [-0.4, -0.2) is 17.4 Å². The van der Waals surface area contributed by atoms with Crippen LogP contribution >= 0.6 is 0 Å². The first-order chi connectivity index (χ1) is 13.0. The van der Waals surface area contributed by atoms with E-state index >= 15 is 0 Å². The highest BCUT2D eigenvalue weighted by Gasteiger charge is 2.78. The fraction of sp³-hybridized carbons (Fsp3) is 0.667. The van der Waals surface area contributed by atoms with Gasteiger partial charge >= 0.3 is 5.97 Å². The zero-order valence-corrected chi connectivity index (χ0v) is 16.0. The van der Waals surface area contributed by atoms with Crippen molar-refractivity contribution in [1.82, 2.24) is 0 Å². The van der Waals surface area contributed by atoms with Gasteiger partial charge in [0.25, 0.3) is 0 Å². The molecule has 3 heteroatoms. The zero-order chi connectivity index (χ0) is 18.6. The van der Waals surface area contributed by atoms with E-state index in [0.717, 1.165) is 19.3 Å². The van der Waals surface area contributed by atoms with Crippen molar-refractivity contribution in [1.29, 1.82) is 0 Å². The predicted octanol–water partition coefficient (Wildman–Crippen LogP) is 4.25. The van der Waals surface area contributed by atoms with Gasteiger partial charge in [-0.2, -0.15) is 0 Å². The van der Waals surface area contributed by atoms with Gasteiger partial charge in [0.05, 0.1) is 0 Å². The first kappa shape index (κ1) is 16.3. The van der Waals surface area contributed by atoms with Gasteiger partial charge in [-0.25, -0.2) is 4.79 Å². The SMILES string of the molecule is C=C[C@@H]1C=C2CC(=O)CC[C@@H]2[C@H]2CC[C@@]3(C)[C@@H]([C@@H]4C[C@@H]4[C@@]34C=CC(=O)O4)[C@H]12. The third-order valence-electron chi connectivity index (χ3n) is 9.37. The Morgan fingerprint density at radius 1 is 1.26 bits per heavy atom. The maximum absolute atomic E-state index is 12.0. The van der Waals surface area contributed by atoms with Crippen LogP contribution in [0.25, 0.3) is 0 Å². The largest absolute Gasteiger partial charge is 0.451 e. The van der Waals surface area contributed by atoms with Gasteiger partial charge in [-0.15, -0.1) is 6.58 Å². The maximum atomic E-state index is 12.0. The number of Topliss-reactive ketones (excluding diaryl/α,β-unsaturated/α-hetero) is 1. The maximum Gasteiger partial charge on any atom is 0.331 e. The lowest BCUT2D eigenvalue weighted by atomic mass is 9.47. The highest BCUT2D eigenvalue weighted by molar-refractivity contribution is 5.86. The van der Waals surface area contributed by atoms with Crippen molar-refractivity contribution in [3.8, 4) is 0 Å². The average Bonchev–Trinajstić information content (AvgIpc) is 3.29. The van der Waals surface area contributed by atoms with Gasteiger partial charge in [0.2, 0.25) is 0 Å². The minimum Gasteiger partial charge on any atom is -0.451 e. The molecule has 142 valence electrons. The van der Waals surface area contributed by atoms with E-state index in [1.54, 1.807) is 6.08 Å². The van der Waals surface area contributed by atoms with Crippen molar-refractivity contribution < 1.29 is 14.3 Å². The van der Waals surface area contributed by atoms with E-state index in [1.807, 2.05) is 0 Å². The normalized spacial score (nSPS) is 54.6. The number of allylic oxidation sites excluding steroid dienone is 3. The van der Waals surface area contributed by atoms with Crippen molar-refractivity contribution in [2.24, 2.45) is 46.8 Å². The third-order valence-corrected chi connectivity index (χ3v) is 9.37. The second kappa shape index (κ2) is 5.04. The van der Waals surface area contributed by atoms with Gasteiger partial charge in [-0.3, -0.25) is 4.79 Å². The lowest BCUT2D eigenvalue weighted by Crippen LogP contribution is -2.56. The van der Waals surface area contributed by atoms with Gasteiger partial charge in [-0.1, -0.05) is 24.6 Å². The van der Waals surface area contributed by atoms with Crippen LogP contribution in [0.3, 0.4) is 0 Å². The number of carbonyl (C=O) groups excluding carboxylic acids is 2. The molecule has 0 saturated heterocycles. The molecule has 6 rings (SSSR count). The molecule has 0 aromatic carbocycles. The predicted molar refractivity (Wildman–Crippen MR) is 101 cm³/mol. The van der Waals surface area contributed by atoms with Crippen LogP contribution < -0.4 is 0 Å². The molecule has 0 aromatic heterocycles. The van der Waals surface area contributed by atoms with Crippen LogP contribution in [0.1, 0.15) is 45.4 Å². The number of ether oxygens (including phenoxy) is 1. The molecule has 6 aliphatic rings. The van der Waals surface area contributed by atoms with Crippen LogP contribution in [0.4, 0.5) is 0 Å². The van der Waals surface area contributed by atoms with Crippen molar-refractivity contribution in [3.05, 3.63) is 36.5 Å². The Kier molecular flexibility index (Phi) is 3.05. The van der Waals surface area contributed by atoms with Gasteiger partial charge < -0.3 is 4.74 Å². The molecule has 27 heavy (non-hydrogen) atoms. The van der Waals surface area contributed by atoms with Crippen molar-refractivity contribution in [3.63, 3.8) is 0 Å². The third kappa shape index (κ3) is 1.84. The summed E-state index contributed by atoms with van der Waals surface area (Å²) in [5, 5.41) is 0. The topological polar surface area (TPSA) is 43.4 Å². The van der Waals surface area contributed by atoms with Crippen molar-refractivity contribution >= 4 is 11.8 Å². The molecule has 3 nitrogen and oxygen atoms in total. The van der Waals surface area contributed by atoms with Crippen LogP contribution in [0.2, 0.25) is 0 Å². The van der Waals surface area contributed by atoms with Crippen molar-refractivity contribution in [2.45, 2.75) is 51.0 Å². The monoisotopic (exact) mass is 364 g/mol. The number of carbonyl (C=O) groups is 2. The second-order valence-electron chi connectivity index (χ2n) is 10.2. The summed E-state index contributed by atoms with van der Waals surface area (Å²) in [5.41, 5.74) is 1.08. The molecule has 9 atom stereocenters. The quantitative estimate of drug-likeness (QED) is 0.516. The lowest BCUT2D eigenvalue weighted by Gasteiger charge is -2.57. The van der Waals surface area contributed by atoms with E-state index in [0.29, 0.717) is 53.6 Å².